The first-order valence-corrected chi connectivity index (χ1v) is 6.87. The molecule has 2 aromatic rings. The summed E-state index contributed by atoms with van der Waals surface area (Å²) in [5.74, 6) is 1.09. The second-order valence-electron chi connectivity index (χ2n) is 5.54. The average Bonchev–Trinajstić information content (AvgIpc) is 2.65. The van der Waals surface area contributed by atoms with Crippen molar-refractivity contribution in [3.05, 3.63) is 29.6 Å². The van der Waals surface area contributed by atoms with Crippen LogP contribution in [0.5, 0.6) is 0 Å². The number of aryl methyl sites for hydroxylation is 1. The van der Waals surface area contributed by atoms with Crippen molar-refractivity contribution in [3.63, 3.8) is 0 Å². The minimum atomic E-state index is 0.180. The number of benzene rings is 1. The first kappa shape index (κ1) is 14.0. The summed E-state index contributed by atoms with van der Waals surface area (Å²) in [6.07, 6.45) is 0.979. The maximum Gasteiger partial charge on any atom is 0.124 e. The van der Waals surface area contributed by atoms with E-state index in [1.54, 1.807) is 0 Å². The van der Waals surface area contributed by atoms with Gasteiger partial charge in [0.1, 0.15) is 5.82 Å². The fourth-order valence-electron chi connectivity index (χ4n) is 2.26. The Bertz CT molecular complexity index is 557. The Kier molecular flexibility index (Phi) is 4.22. The second kappa shape index (κ2) is 5.72. The van der Waals surface area contributed by atoms with E-state index in [-0.39, 0.29) is 6.04 Å². The number of fused-ring (bicyclic) bond motifs is 1. The highest BCUT2D eigenvalue weighted by molar-refractivity contribution is 5.76. The lowest BCUT2D eigenvalue weighted by Gasteiger charge is -2.16. The van der Waals surface area contributed by atoms with Crippen LogP contribution in [0.1, 0.15) is 24.7 Å². The van der Waals surface area contributed by atoms with Gasteiger partial charge in [-0.25, -0.2) is 4.98 Å². The highest BCUT2D eigenvalue weighted by atomic mass is 15.2. The van der Waals surface area contributed by atoms with Crippen molar-refractivity contribution < 1.29 is 0 Å². The number of nitrogens with two attached hydrogens (primary N) is 1. The Morgan fingerprint density at radius 1 is 1.37 bits per heavy atom. The van der Waals surface area contributed by atoms with Crippen LogP contribution in [0.15, 0.2) is 18.2 Å². The molecule has 1 unspecified atom stereocenters. The van der Waals surface area contributed by atoms with Gasteiger partial charge < -0.3 is 15.2 Å². The van der Waals surface area contributed by atoms with Crippen molar-refractivity contribution in [3.8, 4) is 0 Å². The van der Waals surface area contributed by atoms with Gasteiger partial charge in [0.15, 0.2) is 0 Å². The van der Waals surface area contributed by atoms with Crippen LogP contribution in [0, 0.1) is 6.92 Å². The highest BCUT2D eigenvalue weighted by Crippen LogP contribution is 2.19. The van der Waals surface area contributed by atoms with E-state index in [1.807, 2.05) is 0 Å². The minimum Gasteiger partial charge on any atom is -0.326 e. The van der Waals surface area contributed by atoms with E-state index in [2.05, 4.69) is 55.6 Å². The quantitative estimate of drug-likeness (QED) is 0.896. The van der Waals surface area contributed by atoms with E-state index in [1.165, 1.54) is 11.1 Å². The number of nitrogens with zero attached hydrogens (tertiary/aromatic N) is 3. The fraction of sp³-hybridized carbons (Fsp3) is 0.533. The predicted molar refractivity (Wildman–Crippen MR) is 80.1 cm³/mol. The molecule has 0 amide bonds. The van der Waals surface area contributed by atoms with Gasteiger partial charge in [-0.15, -0.1) is 0 Å². The van der Waals surface area contributed by atoms with Crippen LogP contribution in [0.3, 0.4) is 0 Å². The summed E-state index contributed by atoms with van der Waals surface area (Å²) in [5, 5.41) is 0. The molecule has 0 aliphatic carbocycles. The number of hydrogen-bond acceptors (Lipinski definition) is 3. The van der Waals surface area contributed by atoms with Gasteiger partial charge in [0.05, 0.1) is 17.6 Å². The smallest absolute Gasteiger partial charge is 0.124 e. The zero-order valence-corrected chi connectivity index (χ0v) is 12.3. The summed E-state index contributed by atoms with van der Waals surface area (Å²) in [7, 11) is 4.13. The van der Waals surface area contributed by atoms with Crippen LogP contribution in [0.25, 0.3) is 11.0 Å². The number of rotatable bonds is 5. The maximum absolute atomic E-state index is 6.12. The van der Waals surface area contributed by atoms with E-state index >= 15 is 0 Å². The highest BCUT2D eigenvalue weighted by Gasteiger charge is 2.13. The van der Waals surface area contributed by atoms with Crippen LogP contribution < -0.4 is 5.73 Å². The molecule has 0 fully saturated rings. The summed E-state index contributed by atoms with van der Waals surface area (Å²) in [6, 6.07) is 6.61. The van der Waals surface area contributed by atoms with Crippen molar-refractivity contribution in [2.45, 2.75) is 39.4 Å². The Morgan fingerprint density at radius 3 is 2.74 bits per heavy atom. The molecule has 0 aliphatic heterocycles. The van der Waals surface area contributed by atoms with E-state index in [0.29, 0.717) is 0 Å². The van der Waals surface area contributed by atoms with Crippen molar-refractivity contribution in [2.75, 3.05) is 14.1 Å². The molecule has 1 heterocycles. The largest absolute Gasteiger partial charge is 0.326 e. The molecular weight excluding hydrogens is 236 g/mol. The Hall–Kier alpha value is -1.39. The van der Waals surface area contributed by atoms with E-state index in [9.17, 15) is 0 Å². The van der Waals surface area contributed by atoms with Crippen molar-refractivity contribution in [1.82, 2.24) is 14.5 Å². The lowest BCUT2D eigenvalue weighted by molar-refractivity contribution is 0.377. The lowest BCUT2D eigenvalue weighted by Crippen LogP contribution is -2.27. The number of aromatic nitrogens is 2. The molecule has 0 aliphatic rings. The summed E-state index contributed by atoms with van der Waals surface area (Å²) >= 11 is 0. The monoisotopic (exact) mass is 260 g/mol. The molecular formula is C15H24N4. The summed E-state index contributed by atoms with van der Waals surface area (Å²) in [4.78, 5) is 6.91. The summed E-state index contributed by atoms with van der Waals surface area (Å²) < 4.78 is 2.27. The molecule has 1 atom stereocenters. The molecule has 2 N–H and O–H groups in total. The first-order chi connectivity index (χ1) is 9.01. The summed E-state index contributed by atoms with van der Waals surface area (Å²) in [5.41, 5.74) is 9.62. The zero-order valence-electron chi connectivity index (χ0n) is 12.3. The predicted octanol–water partition coefficient (Wildman–Crippen LogP) is 2.14. The molecule has 4 nitrogen and oxygen atoms in total. The van der Waals surface area contributed by atoms with Gasteiger partial charge in [-0.1, -0.05) is 13.0 Å². The van der Waals surface area contributed by atoms with Gasteiger partial charge in [0.2, 0.25) is 0 Å². The topological polar surface area (TPSA) is 47.1 Å². The second-order valence-corrected chi connectivity index (χ2v) is 5.54. The third kappa shape index (κ3) is 3.14. The van der Waals surface area contributed by atoms with E-state index in [0.717, 1.165) is 30.9 Å². The van der Waals surface area contributed by atoms with Gasteiger partial charge in [-0.3, -0.25) is 0 Å². The van der Waals surface area contributed by atoms with Gasteiger partial charge in [0, 0.05) is 12.6 Å². The Labute approximate surface area is 115 Å². The summed E-state index contributed by atoms with van der Waals surface area (Å²) in [6.45, 7) is 5.89. The van der Waals surface area contributed by atoms with Gasteiger partial charge in [-0.2, -0.15) is 0 Å². The van der Waals surface area contributed by atoms with Crippen LogP contribution in [-0.2, 0) is 13.1 Å². The normalized spacial score (nSPS) is 13.4. The molecule has 1 aromatic heterocycles. The third-order valence-corrected chi connectivity index (χ3v) is 3.38. The van der Waals surface area contributed by atoms with Crippen LogP contribution in [-0.4, -0.2) is 34.6 Å². The molecule has 0 spiro atoms. The molecule has 1 aromatic carbocycles. The molecule has 19 heavy (non-hydrogen) atoms. The Morgan fingerprint density at radius 2 is 2.11 bits per heavy atom. The van der Waals surface area contributed by atoms with Crippen molar-refractivity contribution in [2.24, 2.45) is 5.73 Å². The Balaban J connectivity index is 2.48. The van der Waals surface area contributed by atoms with Crippen molar-refractivity contribution >= 4 is 11.0 Å². The molecule has 2 rings (SSSR count). The van der Waals surface area contributed by atoms with Crippen molar-refractivity contribution in [1.29, 1.82) is 0 Å². The number of hydrogen-bond donors (Lipinski definition) is 1. The van der Waals surface area contributed by atoms with Gasteiger partial charge in [-0.05, 0) is 45.1 Å². The lowest BCUT2D eigenvalue weighted by atomic mass is 10.2. The zero-order chi connectivity index (χ0) is 14.0. The number of imidazole rings is 1. The molecule has 104 valence electrons. The first-order valence-electron chi connectivity index (χ1n) is 6.87. The van der Waals surface area contributed by atoms with Crippen LogP contribution >= 0.6 is 0 Å². The van der Waals surface area contributed by atoms with Crippen LogP contribution in [0.4, 0.5) is 0 Å². The SMILES string of the molecule is CCC(N)Cn1c(CN(C)C)nc2cc(C)ccc21. The fourth-order valence-corrected chi connectivity index (χ4v) is 2.26. The van der Waals surface area contributed by atoms with Crippen LogP contribution in [0.2, 0.25) is 0 Å². The molecule has 0 saturated heterocycles. The van der Waals surface area contributed by atoms with Gasteiger partial charge in [0.25, 0.3) is 0 Å². The minimum absolute atomic E-state index is 0.180. The molecule has 0 radical (unpaired) electrons. The van der Waals surface area contributed by atoms with Gasteiger partial charge >= 0.3 is 0 Å². The standard InChI is InChI=1S/C15H24N4/c1-5-12(16)9-19-14-7-6-11(2)8-13(14)17-15(19)10-18(3)4/h6-8,12H,5,9-10,16H2,1-4H3. The average molecular weight is 260 g/mol. The van der Waals surface area contributed by atoms with E-state index < -0.39 is 0 Å². The molecule has 0 bridgehead atoms. The maximum atomic E-state index is 6.12. The van der Waals surface area contributed by atoms with E-state index in [4.69, 9.17) is 10.7 Å². The molecule has 4 heteroatoms. The third-order valence-electron chi connectivity index (χ3n) is 3.38. The molecule has 0 saturated carbocycles.